The molecule has 1 aliphatic heterocycles. The Morgan fingerprint density at radius 3 is 2.78 bits per heavy atom. The Bertz CT molecular complexity index is 532. The van der Waals surface area contributed by atoms with Crippen molar-refractivity contribution in [2.24, 2.45) is 17.6 Å². The number of carbonyl (C=O) groups is 1. The van der Waals surface area contributed by atoms with Gasteiger partial charge < -0.3 is 15.8 Å². The van der Waals surface area contributed by atoms with Crippen LogP contribution in [-0.2, 0) is 4.79 Å². The number of anilines is 1. The third-order valence-electron chi connectivity index (χ3n) is 5.05. The fraction of sp³-hybridized carbons (Fsp3) is 0.611. The number of benzene rings is 1. The summed E-state index contributed by atoms with van der Waals surface area (Å²) < 4.78 is 5.40. The summed E-state index contributed by atoms with van der Waals surface area (Å²) in [6, 6.07) is 7.82. The van der Waals surface area contributed by atoms with E-state index in [1.807, 2.05) is 31.2 Å². The number of nitrogens with two attached hydrogens (primary N) is 1. The van der Waals surface area contributed by atoms with E-state index in [0.717, 1.165) is 30.9 Å². The van der Waals surface area contributed by atoms with Gasteiger partial charge in [0.15, 0.2) is 0 Å². The predicted molar refractivity (Wildman–Crippen MR) is 91.5 cm³/mol. The van der Waals surface area contributed by atoms with Gasteiger partial charge in [-0.15, -0.1) is 0 Å². The molecule has 0 bridgehead atoms. The van der Waals surface area contributed by atoms with E-state index in [-0.39, 0.29) is 5.91 Å². The van der Waals surface area contributed by atoms with Gasteiger partial charge in [0.05, 0.1) is 13.2 Å². The van der Waals surface area contributed by atoms with Crippen LogP contribution in [0.15, 0.2) is 24.3 Å². The molecule has 2 aliphatic rings. The zero-order valence-electron chi connectivity index (χ0n) is 13.8. The number of nitrogens with zero attached hydrogens (tertiary/aromatic N) is 1. The lowest BCUT2D eigenvalue weighted by Crippen LogP contribution is -2.38. The highest BCUT2D eigenvalue weighted by molar-refractivity contribution is 5.92. The molecular weight excluding hydrogens is 290 g/mol. The van der Waals surface area contributed by atoms with E-state index >= 15 is 0 Å². The van der Waals surface area contributed by atoms with Crippen LogP contribution in [0.2, 0.25) is 0 Å². The Kier molecular flexibility index (Phi) is 5.18. The van der Waals surface area contributed by atoms with Gasteiger partial charge in [0.1, 0.15) is 5.75 Å². The van der Waals surface area contributed by atoms with E-state index in [9.17, 15) is 4.79 Å². The summed E-state index contributed by atoms with van der Waals surface area (Å²) in [6.07, 6.45) is 3.62. The smallest absolute Gasteiger partial charge is 0.238 e. The molecule has 0 spiro atoms. The van der Waals surface area contributed by atoms with Crippen LogP contribution >= 0.6 is 0 Å². The molecule has 1 saturated carbocycles. The van der Waals surface area contributed by atoms with Crippen molar-refractivity contribution >= 4 is 11.6 Å². The minimum absolute atomic E-state index is 0.0429. The highest BCUT2D eigenvalue weighted by atomic mass is 16.5. The van der Waals surface area contributed by atoms with Gasteiger partial charge in [-0.25, -0.2) is 0 Å². The topological polar surface area (TPSA) is 67.6 Å². The highest BCUT2D eigenvalue weighted by Crippen LogP contribution is 2.35. The van der Waals surface area contributed by atoms with Crippen molar-refractivity contribution in [2.75, 3.05) is 31.6 Å². The third kappa shape index (κ3) is 4.03. The predicted octanol–water partition coefficient (Wildman–Crippen LogP) is 2.08. The second-order valence-corrected chi connectivity index (χ2v) is 6.72. The van der Waals surface area contributed by atoms with Crippen LogP contribution in [0.5, 0.6) is 5.75 Å². The van der Waals surface area contributed by atoms with E-state index < -0.39 is 0 Å². The van der Waals surface area contributed by atoms with Crippen molar-refractivity contribution in [3.63, 3.8) is 0 Å². The second-order valence-electron chi connectivity index (χ2n) is 6.72. The summed E-state index contributed by atoms with van der Waals surface area (Å²) in [5.41, 5.74) is 7.05. The Labute approximate surface area is 138 Å². The molecule has 126 valence electrons. The number of ether oxygens (including phenoxy) is 1. The van der Waals surface area contributed by atoms with Crippen LogP contribution in [0.4, 0.5) is 5.69 Å². The Balaban J connectivity index is 1.49. The number of fused-ring (bicyclic) bond motifs is 1. The van der Waals surface area contributed by atoms with Crippen LogP contribution in [0, 0.1) is 11.8 Å². The maximum Gasteiger partial charge on any atom is 0.238 e. The van der Waals surface area contributed by atoms with Crippen molar-refractivity contribution in [1.29, 1.82) is 0 Å². The molecule has 5 nitrogen and oxygen atoms in total. The SMILES string of the molecule is CCOc1ccc(NC(=O)CN2CC3CCCC(N)C3C2)cc1. The first-order valence-electron chi connectivity index (χ1n) is 8.66. The second kappa shape index (κ2) is 7.32. The van der Waals surface area contributed by atoms with Crippen LogP contribution < -0.4 is 15.8 Å². The molecule has 23 heavy (non-hydrogen) atoms. The van der Waals surface area contributed by atoms with Crippen LogP contribution in [0.1, 0.15) is 26.2 Å². The molecule has 3 unspecified atom stereocenters. The minimum Gasteiger partial charge on any atom is -0.494 e. The minimum atomic E-state index is 0.0429. The number of nitrogens with one attached hydrogen (secondary N) is 1. The lowest BCUT2D eigenvalue weighted by Gasteiger charge is -2.29. The quantitative estimate of drug-likeness (QED) is 0.872. The summed E-state index contributed by atoms with van der Waals surface area (Å²) in [5.74, 6) is 2.11. The van der Waals surface area contributed by atoms with E-state index in [4.69, 9.17) is 10.5 Å². The van der Waals surface area contributed by atoms with Crippen LogP contribution in [0.3, 0.4) is 0 Å². The van der Waals surface area contributed by atoms with Gasteiger partial charge in [-0.3, -0.25) is 9.69 Å². The largest absolute Gasteiger partial charge is 0.494 e. The number of hydrogen-bond acceptors (Lipinski definition) is 4. The number of amides is 1. The van der Waals surface area contributed by atoms with Crippen LogP contribution in [-0.4, -0.2) is 43.1 Å². The molecule has 3 N–H and O–H groups in total. The standard InChI is InChI=1S/C18H27N3O2/c1-2-23-15-8-6-14(7-9-15)20-18(22)12-21-10-13-4-3-5-17(19)16(13)11-21/h6-9,13,16-17H,2-5,10-12,19H2,1H3,(H,20,22). The first kappa shape index (κ1) is 16.3. The molecule has 1 amide bonds. The van der Waals surface area contributed by atoms with Crippen molar-refractivity contribution in [1.82, 2.24) is 4.90 Å². The van der Waals surface area contributed by atoms with E-state index in [1.165, 1.54) is 12.8 Å². The fourth-order valence-corrected chi connectivity index (χ4v) is 3.94. The van der Waals surface area contributed by atoms with E-state index in [2.05, 4.69) is 10.2 Å². The lowest BCUT2D eigenvalue weighted by atomic mass is 9.78. The normalized spacial score (nSPS) is 27.5. The molecule has 1 heterocycles. The Morgan fingerprint density at radius 1 is 1.30 bits per heavy atom. The maximum absolute atomic E-state index is 12.3. The van der Waals surface area contributed by atoms with Crippen molar-refractivity contribution in [3.8, 4) is 5.75 Å². The zero-order valence-corrected chi connectivity index (χ0v) is 13.8. The summed E-state index contributed by atoms with van der Waals surface area (Å²) in [6.45, 7) is 5.02. The molecule has 0 aromatic heterocycles. The Hall–Kier alpha value is -1.59. The molecule has 1 aliphatic carbocycles. The lowest BCUT2D eigenvalue weighted by molar-refractivity contribution is -0.117. The third-order valence-corrected chi connectivity index (χ3v) is 5.05. The van der Waals surface area contributed by atoms with E-state index in [1.54, 1.807) is 0 Å². The van der Waals surface area contributed by atoms with Crippen LogP contribution in [0.25, 0.3) is 0 Å². The number of likely N-dealkylation sites (tertiary alicyclic amines) is 1. The molecule has 3 atom stereocenters. The van der Waals surface area contributed by atoms with Gasteiger partial charge in [-0.2, -0.15) is 0 Å². The molecule has 1 saturated heterocycles. The number of hydrogen-bond donors (Lipinski definition) is 2. The molecule has 3 rings (SSSR count). The highest BCUT2D eigenvalue weighted by Gasteiger charge is 2.38. The molecular formula is C18H27N3O2. The average Bonchev–Trinajstić information content (AvgIpc) is 2.93. The molecule has 1 aromatic rings. The first-order chi connectivity index (χ1) is 11.2. The van der Waals surface area contributed by atoms with Gasteiger partial charge in [0.2, 0.25) is 5.91 Å². The zero-order chi connectivity index (χ0) is 16.2. The van der Waals surface area contributed by atoms with Gasteiger partial charge in [0, 0.05) is 24.8 Å². The summed E-state index contributed by atoms with van der Waals surface area (Å²) >= 11 is 0. The van der Waals surface area contributed by atoms with Gasteiger partial charge >= 0.3 is 0 Å². The summed E-state index contributed by atoms with van der Waals surface area (Å²) in [5, 5.41) is 2.96. The van der Waals surface area contributed by atoms with E-state index in [0.29, 0.717) is 31.0 Å². The monoisotopic (exact) mass is 317 g/mol. The molecule has 2 fully saturated rings. The van der Waals surface area contributed by atoms with Crippen molar-refractivity contribution in [2.45, 2.75) is 32.2 Å². The van der Waals surface area contributed by atoms with Crippen molar-refractivity contribution in [3.05, 3.63) is 24.3 Å². The average molecular weight is 317 g/mol. The summed E-state index contributed by atoms with van der Waals surface area (Å²) in [7, 11) is 0. The first-order valence-corrected chi connectivity index (χ1v) is 8.66. The molecule has 5 heteroatoms. The fourth-order valence-electron chi connectivity index (χ4n) is 3.94. The number of rotatable bonds is 5. The number of carbonyl (C=O) groups excluding carboxylic acids is 1. The summed E-state index contributed by atoms with van der Waals surface area (Å²) in [4.78, 5) is 14.5. The van der Waals surface area contributed by atoms with Crippen molar-refractivity contribution < 1.29 is 9.53 Å². The van der Waals surface area contributed by atoms with Gasteiger partial charge in [-0.05, 0) is 55.9 Å². The molecule has 1 aromatic carbocycles. The van der Waals surface area contributed by atoms with Gasteiger partial charge in [0.25, 0.3) is 0 Å². The maximum atomic E-state index is 12.3. The molecule has 0 radical (unpaired) electrons. The van der Waals surface area contributed by atoms with Gasteiger partial charge in [-0.1, -0.05) is 6.42 Å². The Morgan fingerprint density at radius 2 is 2.09 bits per heavy atom.